The monoisotopic (exact) mass is 394 g/mol. The normalized spacial score (nSPS) is 13.7. The number of ether oxygens (including phenoxy) is 3. The van der Waals surface area contributed by atoms with E-state index >= 15 is 0 Å². The lowest BCUT2D eigenvalue weighted by Crippen LogP contribution is -2.53. The molecule has 9 heteroatoms. The highest BCUT2D eigenvalue weighted by Crippen LogP contribution is 2.19. The Balaban J connectivity index is 3.08. The highest BCUT2D eigenvalue weighted by atomic mass is 16.5. The van der Waals surface area contributed by atoms with Crippen LogP contribution in [0.15, 0.2) is 30.3 Å². The highest BCUT2D eigenvalue weighted by molar-refractivity contribution is 5.94. The van der Waals surface area contributed by atoms with E-state index in [0.29, 0.717) is 5.56 Å². The molecule has 0 aromatic heterocycles. The van der Waals surface area contributed by atoms with Crippen LogP contribution in [0.2, 0.25) is 0 Å². The van der Waals surface area contributed by atoms with Crippen molar-refractivity contribution in [1.29, 1.82) is 0 Å². The lowest BCUT2D eigenvalue weighted by Gasteiger charge is -2.25. The molecule has 28 heavy (non-hydrogen) atoms. The summed E-state index contributed by atoms with van der Waals surface area (Å²) in [6.45, 7) is 3.31. The third kappa shape index (κ3) is 6.66. The first kappa shape index (κ1) is 23.1. The van der Waals surface area contributed by atoms with Crippen LogP contribution in [0.1, 0.15) is 31.9 Å². The Kier molecular flexibility index (Phi) is 9.66. The van der Waals surface area contributed by atoms with Gasteiger partial charge >= 0.3 is 11.9 Å². The number of methoxy groups -OCH3 is 1. The molecule has 1 aromatic rings. The van der Waals surface area contributed by atoms with Crippen molar-refractivity contribution < 1.29 is 33.4 Å². The van der Waals surface area contributed by atoms with Gasteiger partial charge in [0.2, 0.25) is 5.91 Å². The number of hydrogen-bond donors (Lipinski definition) is 2. The standard InChI is InChI=1S/C19H26N2O7/c1-4-27-14(22)11-13(19(25)28-5-2)15(17(20)23)21-18(24)16(26-3)12-9-7-6-8-10-12/h6-10,13,15-16H,4-5,11H2,1-3H3,(H2,20,23)(H,21,24)/t13-,15-,16+/m1/s1. The van der Waals surface area contributed by atoms with Crippen LogP contribution in [0.3, 0.4) is 0 Å². The molecule has 0 aliphatic rings. The van der Waals surface area contributed by atoms with Crippen molar-refractivity contribution in [3.05, 3.63) is 35.9 Å². The zero-order valence-electron chi connectivity index (χ0n) is 16.2. The Labute approximate surface area is 163 Å². The molecule has 0 saturated carbocycles. The smallest absolute Gasteiger partial charge is 0.312 e. The molecule has 0 spiro atoms. The topological polar surface area (TPSA) is 134 Å². The minimum absolute atomic E-state index is 0.0301. The summed E-state index contributed by atoms with van der Waals surface area (Å²) in [4.78, 5) is 48.8. The number of carbonyl (C=O) groups is 4. The van der Waals surface area contributed by atoms with Crippen LogP contribution in [0.25, 0.3) is 0 Å². The number of primary amides is 1. The molecule has 0 unspecified atom stereocenters. The minimum atomic E-state index is -1.47. The second-order valence-electron chi connectivity index (χ2n) is 5.78. The van der Waals surface area contributed by atoms with Gasteiger partial charge in [-0.1, -0.05) is 30.3 Å². The van der Waals surface area contributed by atoms with Gasteiger partial charge in [-0.15, -0.1) is 0 Å². The quantitative estimate of drug-likeness (QED) is 0.521. The maximum atomic E-state index is 12.7. The number of nitrogens with one attached hydrogen (secondary N) is 1. The fourth-order valence-electron chi connectivity index (χ4n) is 2.61. The van der Waals surface area contributed by atoms with Crippen molar-refractivity contribution in [2.75, 3.05) is 20.3 Å². The van der Waals surface area contributed by atoms with E-state index in [9.17, 15) is 19.2 Å². The third-order valence-electron chi connectivity index (χ3n) is 3.86. The van der Waals surface area contributed by atoms with Gasteiger partial charge in [0, 0.05) is 7.11 Å². The summed E-state index contributed by atoms with van der Waals surface area (Å²) in [5.41, 5.74) is 5.94. The maximum Gasteiger partial charge on any atom is 0.312 e. The van der Waals surface area contributed by atoms with Gasteiger partial charge in [0.1, 0.15) is 6.04 Å². The molecule has 9 nitrogen and oxygen atoms in total. The number of benzene rings is 1. The van der Waals surface area contributed by atoms with Crippen LogP contribution in [0.4, 0.5) is 0 Å². The molecule has 0 heterocycles. The molecule has 0 aliphatic heterocycles. The van der Waals surface area contributed by atoms with Crippen LogP contribution in [-0.2, 0) is 33.4 Å². The molecule has 1 rings (SSSR count). The number of esters is 2. The van der Waals surface area contributed by atoms with Crippen molar-refractivity contribution in [3.63, 3.8) is 0 Å². The fraction of sp³-hybridized carbons (Fsp3) is 0.474. The van der Waals surface area contributed by atoms with E-state index < -0.39 is 48.2 Å². The van der Waals surface area contributed by atoms with Crippen LogP contribution in [0.5, 0.6) is 0 Å². The Morgan fingerprint density at radius 3 is 2.14 bits per heavy atom. The Morgan fingerprint density at radius 1 is 1.04 bits per heavy atom. The molecular formula is C19H26N2O7. The van der Waals surface area contributed by atoms with Gasteiger partial charge in [-0.05, 0) is 19.4 Å². The molecule has 0 fully saturated rings. The molecule has 0 aliphatic carbocycles. The fourth-order valence-corrected chi connectivity index (χ4v) is 2.61. The van der Waals surface area contributed by atoms with Crippen molar-refractivity contribution >= 4 is 23.8 Å². The zero-order valence-corrected chi connectivity index (χ0v) is 16.2. The van der Waals surface area contributed by atoms with Crippen molar-refractivity contribution in [2.24, 2.45) is 11.7 Å². The van der Waals surface area contributed by atoms with E-state index in [4.69, 9.17) is 19.9 Å². The molecule has 0 bridgehead atoms. The second kappa shape index (κ2) is 11.7. The molecule has 3 N–H and O–H groups in total. The van der Waals surface area contributed by atoms with Crippen molar-refractivity contribution in [3.8, 4) is 0 Å². The SMILES string of the molecule is CCOC(=O)C[C@@H](C(=O)OCC)[C@@H](NC(=O)[C@@H](OC)c1ccccc1)C(N)=O. The Bertz CT molecular complexity index is 678. The second-order valence-corrected chi connectivity index (χ2v) is 5.78. The van der Waals surface area contributed by atoms with Crippen molar-refractivity contribution in [1.82, 2.24) is 5.32 Å². The van der Waals surface area contributed by atoms with Crippen molar-refractivity contribution in [2.45, 2.75) is 32.4 Å². The number of nitrogens with two attached hydrogens (primary N) is 1. The van der Waals surface area contributed by atoms with Crippen LogP contribution >= 0.6 is 0 Å². The number of carbonyl (C=O) groups excluding carboxylic acids is 4. The number of amides is 2. The van der Waals surface area contributed by atoms with Gasteiger partial charge in [0.05, 0.1) is 25.6 Å². The van der Waals surface area contributed by atoms with Crippen LogP contribution < -0.4 is 11.1 Å². The first-order valence-corrected chi connectivity index (χ1v) is 8.85. The largest absolute Gasteiger partial charge is 0.466 e. The molecule has 3 atom stereocenters. The van der Waals surface area contributed by atoms with E-state index in [2.05, 4.69) is 5.32 Å². The average molecular weight is 394 g/mol. The maximum absolute atomic E-state index is 12.7. The van der Waals surface area contributed by atoms with Crippen LogP contribution in [0, 0.1) is 5.92 Å². The highest BCUT2D eigenvalue weighted by Gasteiger charge is 2.38. The molecule has 154 valence electrons. The summed E-state index contributed by atoms with van der Waals surface area (Å²) in [5, 5.41) is 2.41. The lowest BCUT2D eigenvalue weighted by molar-refractivity contribution is -0.157. The first-order valence-electron chi connectivity index (χ1n) is 8.85. The molecule has 0 saturated heterocycles. The van der Waals surface area contributed by atoms with E-state index in [-0.39, 0.29) is 13.2 Å². The Hall–Kier alpha value is -2.94. The van der Waals surface area contributed by atoms with E-state index in [1.165, 1.54) is 7.11 Å². The summed E-state index contributed by atoms with van der Waals surface area (Å²) >= 11 is 0. The first-order chi connectivity index (χ1) is 13.3. The average Bonchev–Trinajstić information content (AvgIpc) is 2.66. The molecule has 0 radical (unpaired) electrons. The van der Waals surface area contributed by atoms with Gasteiger partial charge in [-0.3, -0.25) is 19.2 Å². The van der Waals surface area contributed by atoms with Crippen LogP contribution in [-0.4, -0.2) is 50.1 Å². The summed E-state index contributed by atoms with van der Waals surface area (Å²) in [7, 11) is 1.33. The predicted octanol–water partition coefficient (Wildman–Crippen LogP) is 0.477. The summed E-state index contributed by atoms with van der Waals surface area (Å²) in [6, 6.07) is 7.10. The van der Waals surface area contributed by atoms with Gasteiger partial charge in [-0.25, -0.2) is 0 Å². The number of rotatable bonds is 11. The molecule has 1 aromatic carbocycles. The van der Waals surface area contributed by atoms with Gasteiger partial charge in [0.15, 0.2) is 6.10 Å². The lowest BCUT2D eigenvalue weighted by atomic mass is 9.94. The van der Waals surface area contributed by atoms with E-state index in [0.717, 1.165) is 0 Å². The predicted molar refractivity (Wildman–Crippen MR) is 98.7 cm³/mol. The summed E-state index contributed by atoms with van der Waals surface area (Å²) in [6.07, 6.45) is -1.50. The summed E-state index contributed by atoms with van der Waals surface area (Å²) in [5.74, 6) is -4.55. The minimum Gasteiger partial charge on any atom is -0.466 e. The zero-order chi connectivity index (χ0) is 21.1. The van der Waals surface area contributed by atoms with E-state index in [1.54, 1.807) is 44.2 Å². The molecular weight excluding hydrogens is 368 g/mol. The van der Waals surface area contributed by atoms with Gasteiger partial charge < -0.3 is 25.3 Å². The van der Waals surface area contributed by atoms with E-state index in [1.807, 2.05) is 0 Å². The number of hydrogen-bond acceptors (Lipinski definition) is 7. The third-order valence-corrected chi connectivity index (χ3v) is 3.86. The van der Waals surface area contributed by atoms with Gasteiger partial charge in [-0.2, -0.15) is 0 Å². The molecule has 2 amide bonds. The van der Waals surface area contributed by atoms with Gasteiger partial charge in [0.25, 0.3) is 5.91 Å². The Morgan fingerprint density at radius 2 is 1.64 bits per heavy atom. The summed E-state index contributed by atoms with van der Waals surface area (Å²) < 4.78 is 15.0.